The second kappa shape index (κ2) is 6.45. The van der Waals surface area contributed by atoms with Crippen LogP contribution in [0, 0.1) is 6.92 Å². The summed E-state index contributed by atoms with van der Waals surface area (Å²) < 4.78 is 15.6. The lowest BCUT2D eigenvalue weighted by Crippen LogP contribution is -2.17. The molecular formula is C16H19NO4. The van der Waals surface area contributed by atoms with Gasteiger partial charge >= 0.3 is 5.97 Å². The van der Waals surface area contributed by atoms with Crippen LogP contribution in [0.1, 0.15) is 33.5 Å². The topological polar surface area (TPSA) is 60.7 Å². The summed E-state index contributed by atoms with van der Waals surface area (Å²) in [5.41, 5.74) is 2.05. The van der Waals surface area contributed by atoms with Gasteiger partial charge in [-0.3, -0.25) is 0 Å². The van der Waals surface area contributed by atoms with Crippen LogP contribution in [0.25, 0.3) is 0 Å². The SMILES string of the molecule is CNC(c1ccc(C)c(OC)c1)c1ccc(C(=O)OC)o1. The molecule has 0 saturated carbocycles. The van der Waals surface area contributed by atoms with E-state index in [2.05, 4.69) is 10.1 Å². The minimum absolute atomic E-state index is 0.169. The zero-order valence-corrected chi connectivity index (χ0v) is 12.6. The van der Waals surface area contributed by atoms with Crippen LogP contribution in [-0.2, 0) is 4.74 Å². The smallest absolute Gasteiger partial charge is 0.373 e. The minimum Gasteiger partial charge on any atom is -0.496 e. The number of aryl methyl sites for hydroxylation is 1. The maximum Gasteiger partial charge on any atom is 0.373 e. The van der Waals surface area contributed by atoms with Crippen LogP contribution in [0.5, 0.6) is 5.75 Å². The van der Waals surface area contributed by atoms with Crippen molar-refractivity contribution < 1.29 is 18.7 Å². The third-order valence-corrected chi connectivity index (χ3v) is 3.35. The van der Waals surface area contributed by atoms with Crippen molar-refractivity contribution in [3.05, 3.63) is 53.0 Å². The summed E-state index contributed by atoms with van der Waals surface area (Å²) in [6, 6.07) is 9.15. The van der Waals surface area contributed by atoms with Crippen LogP contribution < -0.4 is 10.1 Å². The highest BCUT2D eigenvalue weighted by Gasteiger charge is 2.19. The molecule has 0 saturated heterocycles. The Morgan fingerprint density at radius 2 is 2.00 bits per heavy atom. The van der Waals surface area contributed by atoms with Crippen LogP contribution in [0.15, 0.2) is 34.7 Å². The van der Waals surface area contributed by atoms with E-state index in [0.29, 0.717) is 5.76 Å². The Morgan fingerprint density at radius 1 is 1.24 bits per heavy atom. The molecular weight excluding hydrogens is 270 g/mol. The maximum absolute atomic E-state index is 11.5. The first kappa shape index (κ1) is 15.1. The van der Waals surface area contributed by atoms with Gasteiger partial charge in [0.05, 0.1) is 20.3 Å². The van der Waals surface area contributed by atoms with E-state index in [0.717, 1.165) is 16.9 Å². The third-order valence-electron chi connectivity index (χ3n) is 3.35. The molecule has 0 bridgehead atoms. The Labute approximate surface area is 123 Å². The Balaban J connectivity index is 2.35. The molecule has 0 spiro atoms. The van der Waals surface area contributed by atoms with E-state index in [1.807, 2.05) is 32.2 Å². The van der Waals surface area contributed by atoms with Crippen LogP contribution in [0.3, 0.4) is 0 Å². The third kappa shape index (κ3) is 3.08. The molecule has 1 heterocycles. The van der Waals surface area contributed by atoms with Gasteiger partial charge in [-0.1, -0.05) is 12.1 Å². The van der Waals surface area contributed by atoms with Gasteiger partial charge in [-0.2, -0.15) is 0 Å². The molecule has 0 aliphatic carbocycles. The number of carbonyl (C=O) groups is 1. The van der Waals surface area contributed by atoms with Crippen LogP contribution in [-0.4, -0.2) is 27.2 Å². The molecule has 112 valence electrons. The predicted molar refractivity (Wildman–Crippen MR) is 78.7 cm³/mol. The quantitative estimate of drug-likeness (QED) is 0.858. The number of esters is 1. The minimum atomic E-state index is -0.488. The molecule has 0 fully saturated rings. The Kier molecular flexibility index (Phi) is 4.65. The number of carbonyl (C=O) groups excluding carboxylic acids is 1. The zero-order valence-electron chi connectivity index (χ0n) is 12.6. The first-order chi connectivity index (χ1) is 10.1. The van der Waals surface area contributed by atoms with E-state index in [-0.39, 0.29) is 11.8 Å². The molecule has 1 N–H and O–H groups in total. The number of nitrogens with one attached hydrogen (secondary N) is 1. The van der Waals surface area contributed by atoms with Crippen molar-refractivity contribution in [2.24, 2.45) is 0 Å². The van der Waals surface area contributed by atoms with Gasteiger partial charge in [0.15, 0.2) is 0 Å². The lowest BCUT2D eigenvalue weighted by Gasteiger charge is -2.16. The van der Waals surface area contributed by atoms with Gasteiger partial charge in [0, 0.05) is 0 Å². The summed E-state index contributed by atoms with van der Waals surface area (Å²) in [5.74, 6) is 1.15. The summed E-state index contributed by atoms with van der Waals surface area (Å²) in [5, 5.41) is 3.17. The predicted octanol–water partition coefficient (Wildman–Crippen LogP) is 2.69. The lowest BCUT2D eigenvalue weighted by atomic mass is 10.0. The highest BCUT2D eigenvalue weighted by Crippen LogP contribution is 2.28. The van der Waals surface area contributed by atoms with Gasteiger partial charge in [0.2, 0.25) is 5.76 Å². The molecule has 2 aromatic rings. The van der Waals surface area contributed by atoms with Gasteiger partial charge in [-0.05, 0) is 43.3 Å². The molecule has 1 unspecified atom stereocenters. The Bertz CT molecular complexity index is 633. The first-order valence-corrected chi connectivity index (χ1v) is 6.60. The number of furan rings is 1. The number of ether oxygens (including phenoxy) is 2. The largest absolute Gasteiger partial charge is 0.496 e. The van der Waals surface area contributed by atoms with Gasteiger partial charge in [-0.25, -0.2) is 4.79 Å². The molecule has 0 aliphatic rings. The fourth-order valence-electron chi connectivity index (χ4n) is 2.21. The summed E-state index contributed by atoms with van der Waals surface area (Å²) in [4.78, 5) is 11.5. The molecule has 1 atom stereocenters. The molecule has 0 amide bonds. The Hall–Kier alpha value is -2.27. The number of methoxy groups -OCH3 is 2. The van der Waals surface area contributed by atoms with Crippen molar-refractivity contribution in [3.8, 4) is 5.75 Å². The van der Waals surface area contributed by atoms with E-state index < -0.39 is 5.97 Å². The van der Waals surface area contributed by atoms with Gasteiger partial charge in [-0.15, -0.1) is 0 Å². The summed E-state index contributed by atoms with van der Waals surface area (Å²) in [7, 11) is 4.80. The van der Waals surface area contributed by atoms with Crippen molar-refractivity contribution in [3.63, 3.8) is 0 Å². The van der Waals surface area contributed by atoms with Crippen LogP contribution >= 0.6 is 0 Å². The van der Waals surface area contributed by atoms with Crippen molar-refractivity contribution in [1.82, 2.24) is 5.32 Å². The molecule has 2 rings (SSSR count). The molecule has 5 heteroatoms. The summed E-state index contributed by atoms with van der Waals surface area (Å²) in [6.07, 6.45) is 0. The van der Waals surface area contributed by atoms with E-state index in [4.69, 9.17) is 9.15 Å². The van der Waals surface area contributed by atoms with Crippen molar-refractivity contribution in [2.75, 3.05) is 21.3 Å². The van der Waals surface area contributed by atoms with E-state index in [1.165, 1.54) is 7.11 Å². The molecule has 5 nitrogen and oxygen atoms in total. The average molecular weight is 289 g/mol. The van der Waals surface area contributed by atoms with Crippen molar-refractivity contribution in [2.45, 2.75) is 13.0 Å². The average Bonchev–Trinajstić information content (AvgIpc) is 2.98. The summed E-state index contributed by atoms with van der Waals surface area (Å²) >= 11 is 0. The van der Waals surface area contributed by atoms with Gasteiger partial charge in [0.1, 0.15) is 11.5 Å². The fraction of sp³-hybridized carbons (Fsp3) is 0.312. The second-order valence-corrected chi connectivity index (χ2v) is 4.64. The normalized spacial score (nSPS) is 12.0. The Morgan fingerprint density at radius 3 is 2.62 bits per heavy atom. The molecule has 21 heavy (non-hydrogen) atoms. The lowest BCUT2D eigenvalue weighted by molar-refractivity contribution is 0.0562. The standard InChI is InChI=1S/C16H19NO4/c1-10-5-6-11(9-14(10)19-3)15(17-2)12-7-8-13(21-12)16(18)20-4/h5-9,15,17H,1-4H3. The molecule has 1 aromatic carbocycles. The number of benzene rings is 1. The van der Waals surface area contributed by atoms with Crippen molar-refractivity contribution >= 4 is 5.97 Å². The fourth-order valence-corrected chi connectivity index (χ4v) is 2.21. The number of hydrogen-bond acceptors (Lipinski definition) is 5. The highest BCUT2D eigenvalue weighted by molar-refractivity contribution is 5.86. The monoisotopic (exact) mass is 289 g/mol. The number of rotatable bonds is 5. The molecule has 0 aliphatic heterocycles. The maximum atomic E-state index is 11.5. The van der Waals surface area contributed by atoms with Gasteiger partial charge < -0.3 is 19.2 Å². The van der Waals surface area contributed by atoms with E-state index in [9.17, 15) is 4.79 Å². The van der Waals surface area contributed by atoms with Crippen LogP contribution in [0.4, 0.5) is 0 Å². The molecule has 0 radical (unpaired) electrons. The van der Waals surface area contributed by atoms with Gasteiger partial charge in [0.25, 0.3) is 0 Å². The highest BCUT2D eigenvalue weighted by atomic mass is 16.5. The summed E-state index contributed by atoms with van der Waals surface area (Å²) in [6.45, 7) is 1.99. The van der Waals surface area contributed by atoms with Crippen molar-refractivity contribution in [1.29, 1.82) is 0 Å². The zero-order chi connectivity index (χ0) is 15.4. The van der Waals surface area contributed by atoms with E-state index >= 15 is 0 Å². The number of hydrogen-bond donors (Lipinski definition) is 1. The van der Waals surface area contributed by atoms with E-state index in [1.54, 1.807) is 19.2 Å². The van der Waals surface area contributed by atoms with Crippen LogP contribution in [0.2, 0.25) is 0 Å². The molecule has 1 aromatic heterocycles. The second-order valence-electron chi connectivity index (χ2n) is 4.64. The first-order valence-electron chi connectivity index (χ1n) is 6.60.